The van der Waals surface area contributed by atoms with Crippen molar-refractivity contribution in [3.05, 3.63) is 48.0 Å². The monoisotopic (exact) mass is 328 g/mol. The van der Waals surface area contributed by atoms with E-state index in [0.717, 1.165) is 16.3 Å². The second-order valence-corrected chi connectivity index (χ2v) is 6.61. The van der Waals surface area contributed by atoms with Gasteiger partial charge in [-0.25, -0.2) is 0 Å². The molecule has 0 heterocycles. The highest BCUT2D eigenvalue weighted by Gasteiger charge is 2.28. The number of amides is 1. The molecule has 0 fully saturated rings. The summed E-state index contributed by atoms with van der Waals surface area (Å²) in [6.07, 6.45) is 0.869. The molecular weight excluding hydrogens is 303 g/mol. The Hall–Kier alpha value is -1.89. The quantitative estimate of drug-likeness (QED) is 0.575. The van der Waals surface area contributed by atoms with Crippen LogP contribution in [0.5, 0.6) is 0 Å². The molecule has 0 unspecified atom stereocenters. The molecule has 1 amide bonds. The molecule has 0 aliphatic carbocycles. The second-order valence-electron chi connectivity index (χ2n) is 6.61. The van der Waals surface area contributed by atoms with Gasteiger partial charge >= 0.3 is 7.12 Å². The third-order valence-electron chi connectivity index (χ3n) is 4.07. The van der Waals surface area contributed by atoms with Gasteiger partial charge in [-0.15, -0.1) is 0 Å². The van der Waals surface area contributed by atoms with Crippen molar-refractivity contribution in [3.63, 3.8) is 0 Å². The summed E-state index contributed by atoms with van der Waals surface area (Å²) in [7, 11) is -1.60. The number of fused-ring (bicyclic) bond motifs is 1. The summed E-state index contributed by atoms with van der Waals surface area (Å²) in [5, 5.41) is 23.7. The van der Waals surface area contributed by atoms with Gasteiger partial charge in [-0.1, -0.05) is 56.3 Å². The van der Waals surface area contributed by atoms with E-state index in [2.05, 4.69) is 5.32 Å². The lowest BCUT2D eigenvalue weighted by Crippen LogP contribution is -2.52. The number of rotatable bonds is 7. The van der Waals surface area contributed by atoms with Crippen molar-refractivity contribution >= 4 is 23.8 Å². The Kier molecular flexibility index (Phi) is 6.37. The first-order valence-corrected chi connectivity index (χ1v) is 8.27. The maximum absolute atomic E-state index is 12.3. The fourth-order valence-electron chi connectivity index (χ4n) is 2.85. The number of hydrogen-bond acceptors (Lipinski definition) is 4. The topological polar surface area (TPSA) is 95.6 Å². The fourth-order valence-corrected chi connectivity index (χ4v) is 2.85. The Morgan fingerprint density at radius 2 is 1.83 bits per heavy atom. The largest absolute Gasteiger partial charge is 0.475 e. The first-order chi connectivity index (χ1) is 11.4. The number of hydrogen-bond donors (Lipinski definition) is 4. The molecule has 6 heteroatoms. The SMILES string of the molecule is CC(C)C[C@@H](NC(=O)[C@H](N)Cc1cccc2ccccc12)B(O)O. The van der Waals surface area contributed by atoms with Crippen molar-refractivity contribution in [1.82, 2.24) is 5.32 Å². The van der Waals surface area contributed by atoms with Crippen molar-refractivity contribution in [1.29, 1.82) is 0 Å². The summed E-state index contributed by atoms with van der Waals surface area (Å²) in [6, 6.07) is 13.1. The van der Waals surface area contributed by atoms with Gasteiger partial charge in [0.2, 0.25) is 5.91 Å². The fraction of sp³-hybridized carbons (Fsp3) is 0.389. The van der Waals surface area contributed by atoms with Crippen molar-refractivity contribution in [2.24, 2.45) is 11.7 Å². The first kappa shape index (κ1) is 18.5. The molecule has 0 bridgehead atoms. The van der Waals surface area contributed by atoms with E-state index in [1.54, 1.807) is 0 Å². The minimum atomic E-state index is -1.60. The van der Waals surface area contributed by atoms with E-state index in [9.17, 15) is 14.8 Å². The van der Waals surface area contributed by atoms with Gasteiger partial charge in [0.1, 0.15) is 0 Å². The highest BCUT2D eigenvalue weighted by atomic mass is 16.4. The highest BCUT2D eigenvalue weighted by Crippen LogP contribution is 2.19. The standard InChI is InChI=1S/C18H25BN2O3/c1-12(2)10-17(19(23)24)21-18(22)16(20)11-14-8-5-7-13-6-3-4-9-15(13)14/h3-9,12,16-17,23-24H,10-11,20H2,1-2H3,(H,21,22)/t16-,17-/m1/s1. The van der Waals surface area contributed by atoms with Crippen molar-refractivity contribution in [3.8, 4) is 0 Å². The van der Waals surface area contributed by atoms with Crippen LogP contribution in [-0.4, -0.2) is 35.1 Å². The summed E-state index contributed by atoms with van der Waals surface area (Å²) in [6.45, 7) is 3.91. The molecule has 0 aliphatic heterocycles. The van der Waals surface area contributed by atoms with E-state index in [4.69, 9.17) is 5.73 Å². The summed E-state index contributed by atoms with van der Waals surface area (Å²) in [4.78, 5) is 12.3. The Morgan fingerprint density at radius 1 is 1.17 bits per heavy atom. The average molecular weight is 328 g/mol. The number of carbonyl (C=O) groups is 1. The van der Waals surface area contributed by atoms with Crippen LogP contribution in [0, 0.1) is 5.92 Å². The van der Waals surface area contributed by atoms with Crippen LogP contribution in [-0.2, 0) is 11.2 Å². The molecule has 0 radical (unpaired) electrons. The molecule has 0 saturated carbocycles. The van der Waals surface area contributed by atoms with Crippen molar-refractivity contribution in [2.45, 2.75) is 38.7 Å². The molecule has 2 atom stereocenters. The van der Waals surface area contributed by atoms with Crippen molar-refractivity contribution in [2.75, 3.05) is 0 Å². The van der Waals surface area contributed by atoms with E-state index in [-0.39, 0.29) is 11.8 Å². The smallest absolute Gasteiger partial charge is 0.426 e. The maximum Gasteiger partial charge on any atom is 0.475 e. The van der Waals surface area contributed by atoms with Crippen LogP contribution in [0.15, 0.2) is 42.5 Å². The van der Waals surface area contributed by atoms with Gasteiger partial charge in [-0.3, -0.25) is 4.79 Å². The summed E-state index contributed by atoms with van der Waals surface area (Å²) in [5.41, 5.74) is 7.04. The molecule has 24 heavy (non-hydrogen) atoms. The maximum atomic E-state index is 12.3. The van der Waals surface area contributed by atoms with E-state index >= 15 is 0 Å². The van der Waals surface area contributed by atoms with Gasteiger partial charge in [0.05, 0.1) is 12.0 Å². The zero-order valence-electron chi connectivity index (χ0n) is 14.1. The van der Waals surface area contributed by atoms with E-state index in [0.29, 0.717) is 12.8 Å². The third-order valence-corrected chi connectivity index (χ3v) is 4.07. The number of benzene rings is 2. The minimum absolute atomic E-state index is 0.228. The van der Waals surface area contributed by atoms with Crippen LogP contribution < -0.4 is 11.1 Å². The molecule has 0 aliphatic rings. The molecule has 5 nitrogen and oxygen atoms in total. The van der Waals surface area contributed by atoms with Crippen LogP contribution >= 0.6 is 0 Å². The highest BCUT2D eigenvalue weighted by molar-refractivity contribution is 6.43. The number of nitrogens with two attached hydrogens (primary N) is 1. The van der Waals surface area contributed by atoms with Crippen LogP contribution in [0.25, 0.3) is 10.8 Å². The van der Waals surface area contributed by atoms with Gasteiger partial charge in [-0.2, -0.15) is 0 Å². The molecule has 0 saturated heterocycles. The van der Waals surface area contributed by atoms with E-state index in [1.165, 1.54) is 0 Å². The molecule has 0 aromatic heterocycles. The molecule has 2 aromatic carbocycles. The van der Waals surface area contributed by atoms with Gasteiger partial charge < -0.3 is 21.1 Å². The lowest BCUT2D eigenvalue weighted by Gasteiger charge is -2.22. The summed E-state index contributed by atoms with van der Waals surface area (Å²) >= 11 is 0. The predicted octanol–water partition coefficient (Wildman–Crippen LogP) is 1.25. The van der Waals surface area contributed by atoms with Crippen LogP contribution in [0.3, 0.4) is 0 Å². The molecular formula is C18H25BN2O3. The average Bonchev–Trinajstić information content (AvgIpc) is 2.54. The zero-order valence-corrected chi connectivity index (χ0v) is 14.1. The second kappa shape index (κ2) is 8.28. The Labute approximate surface area is 143 Å². The predicted molar refractivity (Wildman–Crippen MR) is 97.2 cm³/mol. The van der Waals surface area contributed by atoms with E-state index < -0.39 is 19.1 Å². The van der Waals surface area contributed by atoms with Crippen LogP contribution in [0.4, 0.5) is 0 Å². The van der Waals surface area contributed by atoms with Crippen LogP contribution in [0.2, 0.25) is 0 Å². The first-order valence-electron chi connectivity index (χ1n) is 8.27. The molecule has 2 rings (SSSR count). The van der Waals surface area contributed by atoms with Crippen molar-refractivity contribution < 1.29 is 14.8 Å². The van der Waals surface area contributed by atoms with Crippen LogP contribution in [0.1, 0.15) is 25.8 Å². The lowest BCUT2D eigenvalue weighted by atomic mass is 9.75. The summed E-state index contributed by atoms with van der Waals surface area (Å²) in [5.74, 6) is -0.857. The molecule has 0 spiro atoms. The Bertz CT molecular complexity index is 686. The molecule has 5 N–H and O–H groups in total. The summed E-state index contributed by atoms with van der Waals surface area (Å²) < 4.78 is 0. The Morgan fingerprint density at radius 3 is 2.50 bits per heavy atom. The zero-order chi connectivity index (χ0) is 17.7. The number of carbonyl (C=O) groups excluding carboxylic acids is 1. The molecule has 2 aromatic rings. The van der Waals surface area contributed by atoms with Gasteiger partial charge in [0, 0.05) is 0 Å². The number of nitrogens with one attached hydrogen (secondary N) is 1. The third kappa shape index (κ3) is 4.80. The lowest BCUT2D eigenvalue weighted by molar-refractivity contribution is -0.122. The van der Waals surface area contributed by atoms with Gasteiger partial charge in [0.15, 0.2) is 0 Å². The van der Waals surface area contributed by atoms with E-state index in [1.807, 2.05) is 56.3 Å². The van der Waals surface area contributed by atoms with Gasteiger partial charge in [-0.05, 0) is 35.1 Å². The molecule has 128 valence electrons. The Balaban J connectivity index is 2.07. The normalized spacial score (nSPS) is 13.8. The minimum Gasteiger partial charge on any atom is -0.426 e. The van der Waals surface area contributed by atoms with Gasteiger partial charge in [0.25, 0.3) is 0 Å².